The molecule has 4 atom stereocenters. The summed E-state index contributed by atoms with van der Waals surface area (Å²) in [5.41, 5.74) is 0. The van der Waals surface area contributed by atoms with Gasteiger partial charge in [0.1, 0.15) is 12.2 Å². The third-order valence-corrected chi connectivity index (χ3v) is 9.98. The number of carbonyl (C=O) groups excluding carboxylic acids is 1. The molecule has 0 spiro atoms. The largest absolute Gasteiger partial charge is 0.394 e. The maximum Gasteiger partial charge on any atom is 0.249 e. The Kier molecular flexibility index (Phi) is 36.6. The van der Waals surface area contributed by atoms with Gasteiger partial charge in [0, 0.05) is 0 Å². The molecule has 0 aliphatic carbocycles. The van der Waals surface area contributed by atoms with E-state index < -0.39 is 36.9 Å². The monoisotopic (exact) mass is 682 g/mol. The zero-order valence-corrected chi connectivity index (χ0v) is 32.0. The van der Waals surface area contributed by atoms with Crippen molar-refractivity contribution in [1.29, 1.82) is 0 Å². The topological polar surface area (TPSA) is 110 Å². The molecule has 0 aliphatic rings. The second kappa shape index (κ2) is 37.3. The molecule has 4 unspecified atom stereocenters. The number of aliphatic hydroxyl groups excluding tert-OH is 4. The lowest BCUT2D eigenvalue weighted by Gasteiger charge is -2.27. The van der Waals surface area contributed by atoms with E-state index in [9.17, 15) is 25.2 Å². The molecule has 6 nitrogen and oxygen atoms in total. The summed E-state index contributed by atoms with van der Waals surface area (Å²) >= 11 is 0. The number of unbranched alkanes of at least 4 members (excludes halogenated alkanes) is 27. The molecular weight excluding hydrogens is 598 g/mol. The molecule has 0 bridgehead atoms. The average Bonchev–Trinajstić information content (AvgIpc) is 3.09. The van der Waals surface area contributed by atoms with Gasteiger partial charge >= 0.3 is 0 Å². The van der Waals surface area contributed by atoms with Gasteiger partial charge < -0.3 is 25.7 Å². The summed E-state index contributed by atoms with van der Waals surface area (Å²) in [6.07, 6.45) is 41.0. The molecule has 6 heteroatoms. The smallest absolute Gasteiger partial charge is 0.249 e. The fraction of sp³-hybridized carbons (Fsp3) is 0.929. The van der Waals surface area contributed by atoms with Crippen molar-refractivity contribution in [3.05, 3.63) is 12.2 Å². The lowest BCUT2D eigenvalue weighted by Crippen LogP contribution is -2.53. The number of hydrogen-bond acceptors (Lipinski definition) is 5. The third-order valence-electron chi connectivity index (χ3n) is 9.98. The molecule has 0 saturated heterocycles. The van der Waals surface area contributed by atoms with Gasteiger partial charge in [-0.2, -0.15) is 0 Å². The van der Waals surface area contributed by atoms with Crippen LogP contribution in [0.25, 0.3) is 0 Å². The Morgan fingerprint density at radius 2 is 0.854 bits per heavy atom. The molecule has 286 valence electrons. The van der Waals surface area contributed by atoms with Gasteiger partial charge in [-0.05, 0) is 38.5 Å². The first-order valence-corrected chi connectivity index (χ1v) is 21.1. The van der Waals surface area contributed by atoms with E-state index in [4.69, 9.17) is 0 Å². The van der Waals surface area contributed by atoms with Gasteiger partial charge in [-0.15, -0.1) is 0 Å². The molecular formula is C42H83NO5. The van der Waals surface area contributed by atoms with Crippen molar-refractivity contribution in [2.24, 2.45) is 0 Å². The van der Waals surface area contributed by atoms with Crippen LogP contribution in [-0.2, 0) is 4.79 Å². The summed E-state index contributed by atoms with van der Waals surface area (Å²) in [6, 6.07) is -0.977. The predicted molar refractivity (Wildman–Crippen MR) is 205 cm³/mol. The Labute approximate surface area is 298 Å². The number of nitrogens with one attached hydrogen (secondary N) is 1. The lowest BCUT2D eigenvalue weighted by atomic mass is 10.0. The highest BCUT2D eigenvalue weighted by Crippen LogP contribution is 2.16. The quantitative estimate of drug-likeness (QED) is 0.0329. The first-order chi connectivity index (χ1) is 23.5. The Morgan fingerprint density at radius 3 is 1.23 bits per heavy atom. The van der Waals surface area contributed by atoms with Crippen molar-refractivity contribution >= 4 is 5.91 Å². The predicted octanol–water partition coefficient (Wildman–Crippen LogP) is 10.6. The molecule has 0 aliphatic heterocycles. The van der Waals surface area contributed by atoms with Crippen LogP contribution in [0.1, 0.15) is 219 Å². The van der Waals surface area contributed by atoms with Crippen molar-refractivity contribution in [2.75, 3.05) is 6.61 Å². The van der Waals surface area contributed by atoms with Gasteiger partial charge in [-0.25, -0.2) is 0 Å². The zero-order chi connectivity index (χ0) is 35.3. The Hall–Kier alpha value is -0.950. The third kappa shape index (κ3) is 31.1. The van der Waals surface area contributed by atoms with E-state index in [1.165, 1.54) is 161 Å². The summed E-state index contributed by atoms with van der Waals surface area (Å²) < 4.78 is 0. The number of carbonyl (C=O) groups is 1. The fourth-order valence-corrected chi connectivity index (χ4v) is 6.56. The normalized spacial score (nSPS) is 14.4. The van der Waals surface area contributed by atoms with E-state index in [0.717, 1.165) is 32.1 Å². The number of allylic oxidation sites excluding steroid dienone is 2. The Bertz CT molecular complexity index is 687. The van der Waals surface area contributed by atoms with Crippen LogP contribution >= 0.6 is 0 Å². The summed E-state index contributed by atoms with van der Waals surface area (Å²) in [5.74, 6) is -0.594. The number of rotatable bonds is 38. The van der Waals surface area contributed by atoms with Crippen LogP contribution in [0.3, 0.4) is 0 Å². The van der Waals surface area contributed by atoms with Gasteiger partial charge in [0.15, 0.2) is 0 Å². The molecule has 48 heavy (non-hydrogen) atoms. The molecule has 0 fully saturated rings. The van der Waals surface area contributed by atoms with E-state index in [2.05, 4.69) is 24.4 Å². The van der Waals surface area contributed by atoms with Crippen molar-refractivity contribution in [3.63, 3.8) is 0 Å². The van der Waals surface area contributed by atoms with Gasteiger partial charge in [0.05, 0.1) is 18.8 Å². The van der Waals surface area contributed by atoms with E-state index in [0.29, 0.717) is 12.8 Å². The van der Waals surface area contributed by atoms with Crippen LogP contribution < -0.4 is 5.32 Å². The molecule has 0 aromatic heterocycles. The highest BCUT2D eigenvalue weighted by Gasteiger charge is 2.28. The molecule has 5 N–H and O–H groups in total. The second-order valence-electron chi connectivity index (χ2n) is 14.7. The maximum absolute atomic E-state index is 12.3. The highest BCUT2D eigenvalue weighted by molar-refractivity contribution is 5.80. The van der Waals surface area contributed by atoms with Crippen LogP contribution in [0.2, 0.25) is 0 Å². The summed E-state index contributed by atoms with van der Waals surface area (Å²) in [5, 5.41) is 42.5. The first-order valence-electron chi connectivity index (χ1n) is 21.1. The standard InChI is InChI=1S/C42H83NO5/c1-3-5-7-8-9-10-11-12-13-14-15-16-17-18-19-20-21-22-23-24-25-26-27-28-29-30-31-32-33-34-36-40(46)42(48)43-38(37-44)41(47)39(45)35-6-4-2/h18-19,38-41,44-47H,3-17,20-37H2,1-2H3,(H,43,48)/b19-18-. The van der Waals surface area contributed by atoms with E-state index >= 15 is 0 Å². The van der Waals surface area contributed by atoms with E-state index in [1.807, 2.05) is 6.92 Å². The van der Waals surface area contributed by atoms with Gasteiger partial charge in [0.2, 0.25) is 5.91 Å². The van der Waals surface area contributed by atoms with Gasteiger partial charge in [0.25, 0.3) is 0 Å². The number of amides is 1. The molecule has 0 heterocycles. The van der Waals surface area contributed by atoms with Gasteiger partial charge in [-0.1, -0.05) is 193 Å². The molecule has 0 saturated carbocycles. The number of aliphatic hydroxyl groups is 4. The highest BCUT2D eigenvalue weighted by atomic mass is 16.3. The Morgan fingerprint density at radius 1 is 0.500 bits per heavy atom. The molecule has 0 radical (unpaired) electrons. The van der Waals surface area contributed by atoms with Crippen molar-refractivity contribution in [2.45, 2.75) is 244 Å². The van der Waals surface area contributed by atoms with Crippen molar-refractivity contribution in [1.82, 2.24) is 5.32 Å². The van der Waals surface area contributed by atoms with Crippen molar-refractivity contribution in [3.8, 4) is 0 Å². The summed E-state index contributed by atoms with van der Waals surface area (Å²) in [4.78, 5) is 12.3. The van der Waals surface area contributed by atoms with Crippen LogP contribution in [0, 0.1) is 0 Å². The minimum Gasteiger partial charge on any atom is -0.394 e. The minimum absolute atomic E-state index is 0.370. The average molecular weight is 682 g/mol. The SMILES string of the molecule is CCCCCCCCCCCCCC/C=C\CCCCCCCCCCCCCCCCC(O)C(=O)NC(CO)C(O)C(O)CCCC. The summed E-state index contributed by atoms with van der Waals surface area (Å²) in [7, 11) is 0. The number of hydrogen-bond donors (Lipinski definition) is 5. The lowest BCUT2D eigenvalue weighted by molar-refractivity contribution is -0.132. The Balaban J connectivity index is 3.42. The molecule has 0 rings (SSSR count). The van der Waals surface area contributed by atoms with Crippen LogP contribution in [0.15, 0.2) is 12.2 Å². The van der Waals surface area contributed by atoms with E-state index in [1.54, 1.807) is 0 Å². The fourth-order valence-electron chi connectivity index (χ4n) is 6.56. The first kappa shape index (κ1) is 47.0. The van der Waals surface area contributed by atoms with Crippen LogP contribution in [-0.4, -0.2) is 57.3 Å². The second-order valence-corrected chi connectivity index (χ2v) is 14.7. The van der Waals surface area contributed by atoms with Crippen molar-refractivity contribution < 1.29 is 25.2 Å². The zero-order valence-electron chi connectivity index (χ0n) is 32.0. The van der Waals surface area contributed by atoms with Crippen LogP contribution in [0.4, 0.5) is 0 Å². The van der Waals surface area contributed by atoms with Crippen LogP contribution in [0.5, 0.6) is 0 Å². The van der Waals surface area contributed by atoms with Gasteiger partial charge in [-0.3, -0.25) is 4.79 Å². The summed E-state index contributed by atoms with van der Waals surface area (Å²) in [6.45, 7) is 3.80. The van der Waals surface area contributed by atoms with E-state index in [-0.39, 0.29) is 0 Å². The molecule has 1 amide bonds. The molecule has 0 aromatic carbocycles. The maximum atomic E-state index is 12.3. The molecule has 0 aromatic rings. The minimum atomic E-state index is -1.25.